The van der Waals surface area contributed by atoms with Crippen molar-refractivity contribution in [2.45, 2.75) is 47.3 Å². The average Bonchev–Trinajstić information content (AvgIpc) is 3.31. The minimum Gasteiger partial charge on any atom is -0.489 e. The number of nitrogens with zero attached hydrogens (tertiary/aromatic N) is 4. The first-order valence-electron chi connectivity index (χ1n) is 11.3. The Morgan fingerprint density at radius 1 is 0.971 bits per heavy atom. The Kier molecular flexibility index (Phi) is 6.82. The molecule has 2 heterocycles. The summed E-state index contributed by atoms with van der Waals surface area (Å²) in [4.78, 5) is 14.7. The van der Waals surface area contributed by atoms with Crippen LogP contribution in [0, 0.1) is 27.7 Å². The standard InChI is InChI=1S/C27H30N4O3/c1-18-25(20(3)31(28-18)23-9-7-6-8-10-23)16-30(5)27(32)15-22-11-13-24(14-12-22)33-17-26-19(2)29-34-21(26)4/h6-14H,15-17H2,1-5H3. The molecule has 0 unspecified atom stereocenters. The summed E-state index contributed by atoms with van der Waals surface area (Å²) in [5.41, 5.74) is 6.80. The fraction of sp³-hybridized carbons (Fsp3) is 0.296. The van der Waals surface area contributed by atoms with E-state index in [9.17, 15) is 4.79 Å². The number of carbonyl (C=O) groups excluding carboxylic acids is 1. The van der Waals surface area contributed by atoms with E-state index in [0.29, 0.717) is 19.6 Å². The van der Waals surface area contributed by atoms with Crippen molar-refractivity contribution in [1.29, 1.82) is 0 Å². The van der Waals surface area contributed by atoms with Gasteiger partial charge in [0.15, 0.2) is 0 Å². The van der Waals surface area contributed by atoms with Crippen LogP contribution in [0.4, 0.5) is 0 Å². The normalized spacial score (nSPS) is 11.0. The van der Waals surface area contributed by atoms with Crippen LogP contribution in [-0.2, 0) is 24.4 Å². The lowest BCUT2D eigenvalue weighted by atomic mass is 10.1. The van der Waals surface area contributed by atoms with E-state index in [1.165, 1.54) is 0 Å². The number of aromatic nitrogens is 3. The number of rotatable bonds is 8. The van der Waals surface area contributed by atoms with E-state index >= 15 is 0 Å². The maximum atomic E-state index is 12.9. The smallest absolute Gasteiger partial charge is 0.227 e. The molecule has 2 aromatic heterocycles. The minimum absolute atomic E-state index is 0.0515. The van der Waals surface area contributed by atoms with Crippen molar-refractivity contribution in [2.75, 3.05) is 7.05 Å². The van der Waals surface area contributed by atoms with Gasteiger partial charge in [-0.15, -0.1) is 0 Å². The number of amides is 1. The van der Waals surface area contributed by atoms with E-state index < -0.39 is 0 Å². The molecule has 7 heteroatoms. The molecule has 4 aromatic rings. The Bertz CT molecular complexity index is 1250. The molecule has 2 aromatic carbocycles. The number of hydrogen-bond donors (Lipinski definition) is 0. The van der Waals surface area contributed by atoms with Crippen LogP contribution < -0.4 is 4.74 Å². The van der Waals surface area contributed by atoms with Crippen LogP contribution in [0.3, 0.4) is 0 Å². The van der Waals surface area contributed by atoms with Gasteiger partial charge in [-0.3, -0.25) is 4.79 Å². The molecule has 0 radical (unpaired) electrons. The third-order valence-corrected chi connectivity index (χ3v) is 6.11. The number of carbonyl (C=O) groups is 1. The zero-order valence-electron chi connectivity index (χ0n) is 20.3. The first kappa shape index (κ1) is 23.3. The zero-order valence-corrected chi connectivity index (χ0v) is 20.3. The second-order valence-corrected chi connectivity index (χ2v) is 8.56. The van der Waals surface area contributed by atoms with Crippen LogP contribution in [0.1, 0.15) is 39.5 Å². The predicted molar refractivity (Wildman–Crippen MR) is 130 cm³/mol. The molecule has 34 heavy (non-hydrogen) atoms. The van der Waals surface area contributed by atoms with Gasteiger partial charge in [0.1, 0.15) is 18.1 Å². The number of ether oxygens (including phenoxy) is 1. The number of aryl methyl sites for hydroxylation is 3. The molecule has 0 N–H and O–H groups in total. The maximum Gasteiger partial charge on any atom is 0.227 e. The van der Waals surface area contributed by atoms with E-state index in [2.05, 4.69) is 10.3 Å². The Morgan fingerprint density at radius 3 is 2.32 bits per heavy atom. The van der Waals surface area contributed by atoms with Crippen molar-refractivity contribution in [2.24, 2.45) is 0 Å². The Hall–Kier alpha value is -3.87. The van der Waals surface area contributed by atoms with E-state index in [1.807, 2.05) is 94.0 Å². The van der Waals surface area contributed by atoms with Crippen molar-refractivity contribution in [3.63, 3.8) is 0 Å². The maximum absolute atomic E-state index is 12.9. The molecule has 0 atom stereocenters. The summed E-state index contributed by atoms with van der Waals surface area (Å²) >= 11 is 0. The van der Waals surface area contributed by atoms with Gasteiger partial charge in [-0.2, -0.15) is 5.10 Å². The largest absolute Gasteiger partial charge is 0.489 e. The van der Waals surface area contributed by atoms with E-state index in [-0.39, 0.29) is 5.91 Å². The minimum atomic E-state index is 0.0515. The summed E-state index contributed by atoms with van der Waals surface area (Å²) in [6, 6.07) is 17.7. The highest BCUT2D eigenvalue weighted by molar-refractivity contribution is 5.78. The molecule has 4 rings (SSSR count). The van der Waals surface area contributed by atoms with Gasteiger partial charge in [0.2, 0.25) is 5.91 Å². The molecule has 176 valence electrons. The third-order valence-electron chi connectivity index (χ3n) is 6.11. The van der Waals surface area contributed by atoms with Crippen LogP contribution >= 0.6 is 0 Å². The van der Waals surface area contributed by atoms with Crippen molar-refractivity contribution < 1.29 is 14.1 Å². The molecule has 0 aliphatic rings. The second-order valence-electron chi connectivity index (χ2n) is 8.56. The van der Waals surface area contributed by atoms with Crippen LogP contribution in [0.5, 0.6) is 5.75 Å². The summed E-state index contributed by atoms with van der Waals surface area (Å²) < 4.78 is 13.0. The fourth-order valence-corrected chi connectivity index (χ4v) is 3.93. The summed E-state index contributed by atoms with van der Waals surface area (Å²) in [5, 5.41) is 8.63. The van der Waals surface area contributed by atoms with E-state index in [1.54, 1.807) is 4.90 Å². The molecule has 0 aliphatic carbocycles. The van der Waals surface area contributed by atoms with Gasteiger partial charge < -0.3 is 14.2 Å². The average molecular weight is 459 g/mol. The fourth-order valence-electron chi connectivity index (χ4n) is 3.93. The van der Waals surface area contributed by atoms with E-state index in [0.717, 1.165) is 51.0 Å². The van der Waals surface area contributed by atoms with Crippen molar-refractivity contribution in [3.8, 4) is 11.4 Å². The Balaban J connectivity index is 1.36. The highest BCUT2D eigenvalue weighted by Gasteiger charge is 2.17. The third kappa shape index (κ3) is 5.03. The molecule has 0 fully saturated rings. The Morgan fingerprint density at radius 2 is 1.68 bits per heavy atom. The summed E-state index contributed by atoms with van der Waals surface area (Å²) in [6.07, 6.45) is 0.325. The monoisotopic (exact) mass is 458 g/mol. The first-order chi connectivity index (χ1) is 16.3. The molecule has 0 spiro atoms. The summed E-state index contributed by atoms with van der Waals surface area (Å²) in [6.45, 7) is 8.72. The second kappa shape index (κ2) is 9.95. The predicted octanol–water partition coefficient (Wildman–Crippen LogP) is 4.87. The van der Waals surface area contributed by atoms with Gasteiger partial charge >= 0.3 is 0 Å². The van der Waals surface area contributed by atoms with Crippen molar-refractivity contribution in [3.05, 3.63) is 94.1 Å². The molecular weight excluding hydrogens is 428 g/mol. The molecule has 0 aliphatic heterocycles. The van der Waals surface area contributed by atoms with E-state index in [4.69, 9.17) is 9.26 Å². The molecule has 0 saturated heterocycles. The highest BCUT2D eigenvalue weighted by Crippen LogP contribution is 2.21. The molecule has 1 amide bonds. The Labute approximate surface area is 199 Å². The highest BCUT2D eigenvalue weighted by atomic mass is 16.5. The van der Waals surface area contributed by atoms with Gasteiger partial charge in [-0.25, -0.2) is 4.68 Å². The summed E-state index contributed by atoms with van der Waals surface area (Å²) in [7, 11) is 1.84. The topological polar surface area (TPSA) is 73.4 Å². The van der Waals surface area contributed by atoms with Gasteiger partial charge in [-0.05, 0) is 57.5 Å². The van der Waals surface area contributed by atoms with Gasteiger partial charge in [0.25, 0.3) is 0 Å². The lowest BCUT2D eigenvalue weighted by Gasteiger charge is -2.18. The molecular formula is C27H30N4O3. The lowest BCUT2D eigenvalue weighted by molar-refractivity contribution is -0.129. The van der Waals surface area contributed by atoms with Crippen LogP contribution in [0.15, 0.2) is 59.1 Å². The number of para-hydroxylation sites is 1. The van der Waals surface area contributed by atoms with Gasteiger partial charge in [0, 0.05) is 24.8 Å². The van der Waals surface area contributed by atoms with Crippen LogP contribution in [0.25, 0.3) is 5.69 Å². The SMILES string of the molecule is Cc1noc(C)c1COc1ccc(CC(=O)N(C)Cc2c(C)nn(-c3ccccc3)c2C)cc1. The van der Waals surface area contributed by atoms with Crippen LogP contribution in [-0.4, -0.2) is 32.8 Å². The molecule has 7 nitrogen and oxygen atoms in total. The van der Waals surface area contributed by atoms with Gasteiger partial charge in [0.05, 0.1) is 29.1 Å². The van der Waals surface area contributed by atoms with Gasteiger partial charge in [-0.1, -0.05) is 35.5 Å². The number of benzene rings is 2. The van der Waals surface area contributed by atoms with Crippen molar-refractivity contribution in [1.82, 2.24) is 19.8 Å². The molecule has 0 saturated carbocycles. The lowest BCUT2D eigenvalue weighted by Crippen LogP contribution is -2.28. The molecule has 0 bridgehead atoms. The number of hydrogen-bond acceptors (Lipinski definition) is 5. The first-order valence-corrected chi connectivity index (χ1v) is 11.3. The quantitative estimate of drug-likeness (QED) is 0.376. The van der Waals surface area contributed by atoms with Crippen LogP contribution in [0.2, 0.25) is 0 Å². The number of likely N-dealkylation sites (N-methyl/N-ethyl adjacent to an activating group) is 1. The summed E-state index contributed by atoms with van der Waals surface area (Å²) in [5.74, 6) is 1.56. The van der Waals surface area contributed by atoms with Crippen molar-refractivity contribution >= 4 is 5.91 Å². The zero-order chi connectivity index (χ0) is 24.2.